The topological polar surface area (TPSA) is 49.3 Å². The predicted molar refractivity (Wildman–Crippen MR) is 75.1 cm³/mol. The Bertz CT molecular complexity index is 610. The van der Waals surface area contributed by atoms with Crippen LogP contribution >= 0.6 is 34.5 Å². The number of halogens is 2. The Morgan fingerprint density at radius 2 is 2.06 bits per heavy atom. The van der Waals surface area contributed by atoms with Crippen LogP contribution in [0.4, 0.5) is 5.69 Å². The third kappa shape index (κ3) is 2.77. The standard InChI is InChI=1S/C12H9Cl2NO2S/c1-6-4-7(2-3-9(6)16)15-12(17)8-5-10(13)18-11(8)14/h2-5,16H,1H3,(H,15,17). The van der Waals surface area contributed by atoms with Gasteiger partial charge in [-0.3, -0.25) is 4.79 Å². The number of anilines is 1. The zero-order valence-corrected chi connectivity index (χ0v) is 11.7. The molecule has 0 aliphatic heterocycles. The van der Waals surface area contributed by atoms with Crippen LogP contribution in [0.5, 0.6) is 5.75 Å². The quantitative estimate of drug-likeness (QED) is 0.812. The number of hydrogen-bond donors (Lipinski definition) is 2. The summed E-state index contributed by atoms with van der Waals surface area (Å²) in [6.45, 7) is 1.75. The van der Waals surface area contributed by atoms with Gasteiger partial charge in [0.05, 0.1) is 9.90 Å². The summed E-state index contributed by atoms with van der Waals surface area (Å²) in [5, 5.41) is 12.1. The highest BCUT2D eigenvalue weighted by atomic mass is 35.5. The van der Waals surface area contributed by atoms with Gasteiger partial charge in [0.1, 0.15) is 10.1 Å². The van der Waals surface area contributed by atoms with Crippen molar-refractivity contribution >= 4 is 46.1 Å². The van der Waals surface area contributed by atoms with E-state index in [1.807, 2.05) is 0 Å². The van der Waals surface area contributed by atoms with E-state index in [9.17, 15) is 9.90 Å². The van der Waals surface area contributed by atoms with Crippen molar-refractivity contribution in [1.82, 2.24) is 0 Å². The highest BCUT2D eigenvalue weighted by Gasteiger charge is 2.14. The van der Waals surface area contributed by atoms with Gasteiger partial charge in [-0.2, -0.15) is 0 Å². The van der Waals surface area contributed by atoms with Crippen molar-refractivity contribution < 1.29 is 9.90 Å². The fourth-order valence-electron chi connectivity index (χ4n) is 1.43. The van der Waals surface area contributed by atoms with Crippen molar-refractivity contribution in [3.05, 3.63) is 44.1 Å². The van der Waals surface area contributed by atoms with Gasteiger partial charge in [0, 0.05) is 5.69 Å². The second-order valence-electron chi connectivity index (χ2n) is 3.69. The van der Waals surface area contributed by atoms with Crippen LogP contribution in [0.1, 0.15) is 15.9 Å². The second-order valence-corrected chi connectivity index (χ2v) is 5.98. The zero-order chi connectivity index (χ0) is 13.3. The molecule has 2 aromatic rings. The average Bonchev–Trinajstić information content (AvgIpc) is 2.63. The van der Waals surface area contributed by atoms with Gasteiger partial charge in [-0.15, -0.1) is 11.3 Å². The number of phenols is 1. The molecule has 0 bridgehead atoms. The summed E-state index contributed by atoms with van der Waals surface area (Å²) in [4.78, 5) is 11.9. The zero-order valence-electron chi connectivity index (χ0n) is 9.33. The molecule has 1 aromatic heterocycles. The summed E-state index contributed by atoms with van der Waals surface area (Å²) >= 11 is 12.8. The van der Waals surface area contributed by atoms with Gasteiger partial charge in [0.15, 0.2) is 0 Å². The van der Waals surface area contributed by atoms with Crippen molar-refractivity contribution in [2.75, 3.05) is 5.32 Å². The molecule has 0 spiro atoms. The van der Waals surface area contributed by atoms with Gasteiger partial charge >= 0.3 is 0 Å². The minimum Gasteiger partial charge on any atom is -0.508 e. The highest BCUT2D eigenvalue weighted by Crippen LogP contribution is 2.31. The van der Waals surface area contributed by atoms with Crippen molar-refractivity contribution in [3.8, 4) is 5.75 Å². The van der Waals surface area contributed by atoms with Gasteiger partial charge in [0.25, 0.3) is 5.91 Å². The number of rotatable bonds is 2. The number of thiophene rings is 1. The van der Waals surface area contributed by atoms with Crippen LogP contribution in [0.15, 0.2) is 24.3 Å². The Morgan fingerprint density at radius 3 is 2.61 bits per heavy atom. The predicted octanol–water partition coefficient (Wildman–Crippen LogP) is 4.32. The van der Waals surface area contributed by atoms with E-state index >= 15 is 0 Å². The first-order chi connectivity index (χ1) is 8.47. The summed E-state index contributed by atoms with van der Waals surface area (Å²) in [5.74, 6) is -0.141. The van der Waals surface area contributed by atoms with E-state index < -0.39 is 0 Å². The number of carbonyl (C=O) groups is 1. The summed E-state index contributed by atoms with van der Waals surface area (Å²) in [6.07, 6.45) is 0. The normalized spacial score (nSPS) is 10.4. The van der Waals surface area contributed by atoms with Crippen LogP contribution in [0, 0.1) is 6.92 Å². The molecule has 0 aliphatic carbocycles. The molecule has 0 aliphatic rings. The minimum atomic E-state index is -0.326. The Labute approximate surface area is 118 Å². The lowest BCUT2D eigenvalue weighted by atomic mass is 10.2. The van der Waals surface area contributed by atoms with E-state index in [0.717, 1.165) is 11.3 Å². The number of nitrogens with one attached hydrogen (secondary N) is 1. The maximum Gasteiger partial charge on any atom is 0.258 e. The third-order valence-corrected chi connectivity index (χ3v) is 3.84. The van der Waals surface area contributed by atoms with Gasteiger partial charge in [-0.05, 0) is 36.8 Å². The summed E-state index contributed by atoms with van der Waals surface area (Å²) in [7, 11) is 0. The molecule has 1 heterocycles. The van der Waals surface area contributed by atoms with E-state index in [1.54, 1.807) is 19.1 Å². The Hall–Kier alpha value is -1.23. The fraction of sp³-hybridized carbons (Fsp3) is 0.0833. The van der Waals surface area contributed by atoms with Crippen LogP contribution in [-0.4, -0.2) is 11.0 Å². The lowest BCUT2D eigenvalue weighted by Gasteiger charge is -2.06. The first-order valence-corrected chi connectivity index (χ1v) is 6.60. The molecule has 0 fully saturated rings. The van der Waals surface area contributed by atoms with Gasteiger partial charge < -0.3 is 10.4 Å². The Morgan fingerprint density at radius 1 is 1.33 bits per heavy atom. The number of aryl methyl sites for hydroxylation is 1. The lowest BCUT2D eigenvalue weighted by Crippen LogP contribution is -2.11. The largest absolute Gasteiger partial charge is 0.508 e. The molecule has 1 aromatic carbocycles. The minimum absolute atomic E-state index is 0.185. The molecule has 3 nitrogen and oxygen atoms in total. The molecule has 0 unspecified atom stereocenters. The maximum absolute atomic E-state index is 11.9. The van der Waals surface area contributed by atoms with Gasteiger partial charge in [-0.1, -0.05) is 23.2 Å². The SMILES string of the molecule is Cc1cc(NC(=O)c2cc(Cl)sc2Cl)ccc1O. The number of phenolic OH excluding ortho intramolecular Hbond substituents is 1. The first kappa shape index (κ1) is 13.2. The molecule has 1 amide bonds. The highest BCUT2D eigenvalue weighted by molar-refractivity contribution is 7.20. The molecule has 6 heteroatoms. The van der Waals surface area contributed by atoms with E-state index in [4.69, 9.17) is 23.2 Å². The maximum atomic E-state index is 11.9. The molecule has 0 radical (unpaired) electrons. The van der Waals surface area contributed by atoms with E-state index in [-0.39, 0.29) is 11.7 Å². The van der Waals surface area contributed by atoms with Crippen LogP contribution in [-0.2, 0) is 0 Å². The molecular weight excluding hydrogens is 293 g/mol. The van der Waals surface area contributed by atoms with Crippen LogP contribution in [0.3, 0.4) is 0 Å². The van der Waals surface area contributed by atoms with Crippen LogP contribution < -0.4 is 5.32 Å². The summed E-state index contributed by atoms with van der Waals surface area (Å²) in [6, 6.07) is 6.33. The molecule has 0 saturated heterocycles. The van der Waals surface area contributed by atoms with Crippen molar-refractivity contribution in [2.45, 2.75) is 6.92 Å². The molecule has 2 N–H and O–H groups in total. The molecule has 94 valence electrons. The van der Waals surface area contributed by atoms with Crippen LogP contribution in [0.25, 0.3) is 0 Å². The smallest absolute Gasteiger partial charge is 0.258 e. The molecule has 2 rings (SSSR count). The number of hydrogen-bond acceptors (Lipinski definition) is 3. The van der Waals surface area contributed by atoms with E-state index in [1.165, 1.54) is 12.1 Å². The first-order valence-electron chi connectivity index (χ1n) is 5.03. The van der Waals surface area contributed by atoms with E-state index in [2.05, 4.69) is 5.32 Å². The monoisotopic (exact) mass is 301 g/mol. The number of benzene rings is 1. The van der Waals surface area contributed by atoms with Crippen LogP contribution in [0.2, 0.25) is 8.67 Å². The second kappa shape index (κ2) is 5.18. The van der Waals surface area contributed by atoms with Crippen molar-refractivity contribution in [1.29, 1.82) is 0 Å². The van der Waals surface area contributed by atoms with E-state index in [0.29, 0.717) is 25.5 Å². The summed E-state index contributed by atoms with van der Waals surface area (Å²) in [5.41, 5.74) is 1.62. The number of amides is 1. The lowest BCUT2D eigenvalue weighted by molar-refractivity contribution is 0.102. The average molecular weight is 302 g/mol. The van der Waals surface area contributed by atoms with Crippen molar-refractivity contribution in [3.63, 3.8) is 0 Å². The summed E-state index contributed by atoms with van der Waals surface area (Å²) < 4.78 is 0.819. The molecular formula is C12H9Cl2NO2S. The third-order valence-electron chi connectivity index (χ3n) is 2.36. The Balaban J connectivity index is 2.21. The molecule has 18 heavy (non-hydrogen) atoms. The number of carbonyl (C=O) groups excluding carboxylic acids is 1. The van der Waals surface area contributed by atoms with Gasteiger partial charge in [0.2, 0.25) is 0 Å². The Kier molecular flexibility index (Phi) is 3.80. The fourth-order valence-corrected chi connectivity index (χ4v) is 2.89. The number of aromatic hydroxyl groups is 1. The molecule has 0 atom stereocenters. The van der Waals surface area contributed by atoms with Crippen molar-refractivity contribution in [2.24, 2.45) is 0 Å². The molecule has 0 saturated carbocycles. The van der Waals surface area contributed by atoms with Gasteiger partial charge in [-0.25, -0.2) is 0 Å².